The molecule has 1 aromatic rings. The molecule has 5 heteroatoms. The van der Waals surface area contributed by atoms with E-state index in [0.29, 0.717) is 13.2 Å². The van der Waals surface area contributed by atoms with Crippen molar-refractivity contribution >= 4 is 11.4 Å². The van der Waals surface area contributed by atoms with Crippen LogP contribution in [0.5, 0.6) is 5.75 Å². The van der Waals surface area contributed by atoms with Gasteiger partial charge in [-0.3, -0.25) is 0 Å². The number of aliphatic hydroxyl groups excluding tert-OH is 1. The van der Waals surface area contributed by atoms with Gasteiger partial charge in [0.05, 0.1) is 12.3 Å². The highest BCUT2D eigenvalue weighted by Crippen LogP contribution is 2.51. The van der Waals surface area contributed by atoms with Crippen LogP contribution in [-0.4, -0.2) is 56.4 Å². The molecule has 1 atom stereocenters. The Bertz CT molecular complexity index is 529. The second-order valence-corrected chi connectivity index (χ2v) is 6.84. The third-order valence-electron chi connectivity index (χ3n) is 4.75. The van der Waals surface area contributed by atoms with Crippen molar-refractivity contribution in [3.63, 3.8) is 0 Å². The van der Waals surface area contributed by atoms with Crippen molar-refractivity contribution in [2.45, 2.75) is 32.2 Å². The molecule has 0 amide bonds. The zero-order valence-corrected chi connectivity index (χ0v) is 14.4. The number of likely N-dealkylation sites (N-methyl/N-ethyl adjacent to an activating group) is 1. The average molecular weight is 307 g/mol. The zero-order valence-electron chi connectivity index (χ0n) is 14.4. The van der Waals surface area contributed by atoms with Crippen LogP contribution in [0.15, 0.2) is 12.1 Å². The summed E-state index contributed by atoms with van der Waals surface area (Å²) in [5, 5.41) is 9.43. The van der Waals surface area contributed by atoms with Crippen LogP contribution < -0.4 is 15.4 Å². The molecule has 0 aliphatic carbocycles. The van der Waals surface area contributed by atoms with Crippen LogP contribution in [-0.2, 0) is 5.41 Å². The quantitative estimate of drug-likeness (QED) is 0.783. The average Bonchev–Trinajstić information content (AvgIpc) is 2.63. The Hall–Kier alpha value is -1.46. The molecule has 2 rings (SSSR count). The van der Waals surface area contributed by atoms with E-state index in [-0.39, 0.29) is 18.1 Å². The highest BCUT2D eigenvalue weighted by atomic mass is 16.5. The zero-order chi connectivity index (χ0) is 16.5. The van der Waals surface area contributed by atoms with E-state index in [1.807, 2.05) is 26.2 Å². The molecule has 0 saturated heterocycles. The van der Waals surface area contributed by atoms with Crippen LogP contribution in [0.25, 0.3) is 0 Å². The number of nitrogens with two attached hydrogens (primary N) is 1. The van der Waals surface area contributed by atoms with Gasteiger partial charge in [0.1, 0.15) is 12.4 Å². The van der Waals surface area contributed by atoms with E-state index in [9.17, 15) is 5.11 Å². The molecule has 0 fully saturated rings. The molecule has 0 spiro atoms. The van der Waals surface area contributed by atoms with Crippen LogP contribution in [0.2, 0.25) is 0 Å². The minimum atomic E-state index is -0.0739. The maximum absolute atomic E-state index is 9.43. The van der Waals surface area contributed by atoms with Crippen molar-refractivity contribution in [3.8, 4) is 5.75 Å². The van der Waals surface area contributed by atoms with Crippen molar-refractivity contribution in [2.75, 3.05) is 51.0 Å². The highest BCUT2D eigenvalue weighted by molar-refractivity contribution is 5.78. The first-order chi connectivity index (χ1) is 10.3. The summed E-state index contributed by atoms with van der Waals surface area (Å²) in [6, 6.07) is 4.14. The molecular formula is C17H29N3O2. The molecule has 5 nitrogen and oxygen atoms in total. The Balaban J connectivity index is 2.41. The Kier molecular flexibility index (Phi) is 4.87. The predicted octanol–water partition coefficient (Wildman–Crippen LogP) is 1.69. The molecule has 22 heavy (non-hydrogen) atoms. The smallest absolute Gasteiger partial charge is 0.143 e. The summed E-state index contributed by atoms with van der Waals surface area (Å²) >= 11 is 0. The summed E-state index contributed by atoms with van der Waals surface area (Å²) in [5.74, 6) is 0.858. The fourth-order valence-electron chi connectivity index (χ4n) is 3.21. The van der Waals surface area contributed by atoms with Crippen molar-refractivity contribution in [1.82, 2.24) is 4.90 Å². The molecule has 0 bridgehead atoms. The normalized spacial score (nSPS) is 19.6. The molecule has 0 saturated carbocycles. The Morgan fingerprint density at radius 3 is 2.64 bits per heavy atom. The second-order valence-electron chi connectivity index (χ2n) is 6.84. The summed E-state index contributed by atoms with van der Waals surface area (Å²) in [6.45, 7) is 8.78. The van der Waals surface area contributed by atoms with E-state index in [1.54, 1.807) is 0 Å². The monoisotopic (exact) mass is 307 g/mol. The number of rotatable bonds is 6. The number of nitrogen functional groups attached to an aromatic ring is 1. The van der Waals surface area contributed by atoms with Gasteiger partial charge in [0, 0.05) is 35.8 Å². The lowest BCUT2D eigenvalue weighted by atomic mass is 9.80. The first-order valence-corrected chi connectivity index (χ1v) is 7.88. The van der Waals surface area contributed by atoms with E-state index in [4.69, 9.17) is 10.5 Å². The van der Waals surface area contributed by atoms with Crippen molar-refractivity contribution < 1.29 is 9.84 Å². The van der Waals surface area contributed by atoms with Crippen molar-refractivity contribution in [1.29, 1.82) is 0 Å². The molecule has 3 N–H and O–H groups in total. The summed E-state index contributed by atoms with van der Waals surface area (Å²) in [7, 11) is 4.06. The van der Waals surface area contributed by atoms with E-state index in [1.165, 1.54) is 0 Å². The fourth-order valence-corrected chi connectivity index (χ4v) is 3.21. The molecule has 1 aromatic carbocycles. The number of aliphatic hydroxyl groups is 1. The second kappa shape index (κ2) is 6.34. The Morgan fingerprint density at radius 2 is 2.05 bits per heavy atom. The SMILES string of the molecule is CC1N(CCO)c2c(OCCN(C)C)ccc(N)c2C1(C)C. The fraction of sp³-hybridized carbons (Fsp3) is 0.647. The van der Waals surface area contributed by atoms with Crippen molar-refractivity contribution in [2.24, 2.45) is 0 Å². The highest BCUT2D eigenvalue weighted by Gasteiger charge is 2.44. The van der Waals surface area contributed by atoms with Crippen LogP contribution in [0.1, 0.15) is 26.3 Å². The van der Waals surface area contributed by atoms with E-state index >= 15 is 0 Å². The van der Waals surface area contributed by atoms with Crippen molar-refractivity contribution in [3.05, 3.63) is 17.7 Å². The van der Waals surface area contributed by atoms with Gasteiger partial charge in [-0.25, -0.2) is 0 Å². The number of anilines is 2. The van der Waals surface area contributed by atoms with Gasteiger partial charge in [-0.1, -0.05) is 13.8 Å². The number of benzene rings is 1. The van der Waals surface area contributed by atoms with E-state index in [0.717, 1.165) is 29.2 Å². The van der Waals surface area contributed by atoms with Crippen LogP contribution in [0.4, 0.5) is 11.4 Å². The van der Waals surface area contributed by atoms with Gasteiger partial charge in [0.15, 0.2) is 0 Å². The predicted molar refractivity (Wildman–Crippen MR) is 91.8 cm³/mol. The summed E-state index contributed by atoms with van der Waals surface area (Å²) in [6.07, 6.45) is 0. The lowest BCUT2D eigenvalue weighted by Crippen LogP contribution is -2.40. The van der Waals surface area contributed by atoms with Gasteiger partial charge >= 0.3 is 0 Å². The first kappa shape index (κ1) is 16.9. The molecule has 1 heterocycles. The number of β-amino-alcohol motifs (C(OH)–C–C–N with tert-alkyl or cyclic N) is 1. The minimum absolute atomic E-state index is 0.0739. The third kappa shape index (κ3) is 2.88. The topological polar surface area (TPSA) is 62.0 Å². The molecule has 1 aliphatic rings. The van der Waals surface area contributed by atoms with Crippen LogP contribution in [0, 0.1) is 0 Å². The van der Waals surface area contributed by atoms with Crippen LogP contribution in [0.3, 0.4) is 0 Å². The maximum atomic E-state index is 9.43. The molecule has 0 aromatic heterocycles. The molecule has 0 radical (unpaired) electrons. The Morgan fingerprint density at radius 1 is 1.36 bits per heavy atom. The summed E-state index contributed by atoms with van der Waals surface area (Å²) in [4.78, 5) is 4.31. The minimum Gasteiger partial charge on any atom is -0.490 e. The summed E-state index contributed by atoms with van der Waals surface area (Å²) < 4.78 is 6.01. The van der Waals surface area contributed by atoms with Gasteiger partial charge in [0.2, 0.25) is 0 Å². The largest absolute Gasteiger partial charge is 0.490 e. The molecular weight excluding hydrogens is 278 g/mol. The van der Waals surface area contributed by atoms with Crippen LogP contribution >= 0.6 is 0 Å². The maximum Gasteiger partial charge on any atom is 0.143 e. The Labute approximate surface area is 133 Å². The molecule has 124 valence electrons. The van der Waals surface area contributed by atoms with E-state index < -0.39 is 0 Å². The van der Waals surface area contributed by atoms with Gasteiger partial charge in [-0.05, 0) is 33.2 Å². The van der Waals surface area contributed by atoms with E-state index in [2.05, 4.69) is 30.6 Å². The number of ether oxygens (including phenoxy) is 1. The first-order valence-electron chi connectivity index (χ1n) is 7.88. The number of fused-ring (bicyclic) bond motifs is 1. The standard InChI is InChI=1S/C17H29N3O2/c1-12-17(2,3)15-13(18)6-7-14(22-11-9-19(4)5)16(15)20(12)8-10-21/h6-7,12,21H,8-11,18H2,1-5H3. The van der Waals surface area contributed by atoms with Gasteiger partial charge in [-0.2, -0.15) is 0 Å². The lowest BCUT2D eigenvalue weighted by Gasteiger charge is -2.31. The number of hydrogen-bond donors (Lipinski definition) is 2. The third-order valence-corrected chi connectivity index (χ3v) is 4.75. The van der Waals surface area contributed by atoms with Gasteiger partial charge in [0.25, 0.3) is 0 Å². The summed E-state index contributed by atoms with van der Waals surface area (Å²) in [5.41, 5.74) is 9.17. The number of hydrogen-bond acceptors (Lipinski definition) is 5. The lowest BCUT2D eigenvalue weighted by molar-refractivity contribution is 0.261. The number of nitrogens with zero attached hydrogens (tertiary/aromatic N) is 2. The molecule has 1 unspecified atom stereocenters. The molecule has 1 aliphatic heterocycles. The van der Waals surface area contributed by atoms with Gasteiger partial charge < -0.3 is 25.4 Å². The van der Waals surface area contributed by atoms with Gasteiger partial charge in [-0.15, -0.1) is 0 Å².